The van der Waals surface area contributed by atoms with Gasteiger partial charge in [0.1, 0.15) is 0 Å². The Labute approximate surface area is 166 Å². The molecule has 0 saturated carbocycles. The fraction of sp³-hybridized carbons (Fsp3) is 1.00. The maximum atomic E-state index is 4.16. The third-order valence-electron chi connectivity index (χ3n) is 2.44. The van der Waals surface area contributed by atoms with Crippen molar-refractivity contribution in [3.05, 3.63) is 10.6 Å². The first-order valence-electron chi connectivity index (χ1n) is 7.05. The van der Waals surface area contributed by atoms with E-state index in [1.54, 1.807) is 0 Å². The second-order valence-electron chi connectivity index (χ2n) is 4.05. The Morgan fingerprint density at radius 1 is 0.667 bits per heavy atom. The van der Waals surface area contributed by atoms with E-state index in [-0.39, 0.29) is 65.4 Å². The summed E-state index contributed by atoms with van der Waals surface area (Å²) in [5, 5.41) is 8.33. The Hall–Kier alpha value is 2.13. The first-order valence-corrected chi connectivity index (χ1v) is 7.05. The van der Waals surface area contributed by atoms with Crippen LogP contribution < -0.4 is 0 Å². The van der Waals surface area contributed by atoms with Crippen molar-refractivity contribution >= 4 is 0 Å². The van der Waals surface area contributed by atoms with Crippen LogP contribution in [0, 0.1) is 11.8 Å². The van der Waals surface area contributed by atoms with Crippen LogP contribution >= 0.6 is 0 Å². The van der Waals surface area contributed by atoms with Crippen LogP contribution in [0.3, 0.4) is 0 Å². The van der Waals surface area contributed by atoms with Crippen molar-refractivity contribution in [3.63, 3.8) is 0 Å². The molecular weight excluding hydrogens is 374 g/mol. The summed E-state index contributed by atoms with van der Waals surface area (Å²) in [6.45, 7) is 16.9. The zero-order valence-electron chi connectivity index (χ0n) is 13.4. The molecule has 0 spiro atoms. The van der Waals surface area contributed by atoms with Crippen molar-refractivity contribution in [2.24, 2.45) is 11.8 Å². The summed E-state index contributed by atoms with van der Waals surface area (Å²) in [7, 11) is 0. The van der Waals surface area contributed by atoms with E-state index in [1.165, 1.54) is 12.8 Å². The third kappa shape index (κ3) is 20.4. The van der Waals surface area contributed by atoms with Gasteiger partial charge >= 0.3 is 0 Å². The predicted octanol–water partition coefficient (Wildman–Crippen LogP) is 4.85. The van der Waals surface area contributed by atoms with Gasteiger partial charge in [-0.05, 0) is 0 Å². The number of rotatable bonds is 0. The maximum Gasteiger partial charge on any atom is 0 e. The first kappa shape index (κ1) is 28.3. The molecule has 2 nitrogen and oxygen atoms in total. The van der Waals surface area contributed by atoms with E-state index >= 15 is 0 Å². The first-order chi connectivity index (χ1) is 7.79. The molecule has 18 heavy (non-hydrogen) atoms. The predicted molar refractivity (Wildman–Crippen MR) is 76.4 cm³/mol. The largest absolute Gasteiger partial charge is 0.662 e. The molecule has 106 valence electrons. The van der Waals surface area contributed by atoms with Crippen LogP contribution in [0.25, 0.3) is 10.6 Å². The molecule has 2 atom stereocenters. The molecule has 1 unspecified atom stereocenters. The zero-order chi connectivity index (χ0) is 12.8. The van der Waals surface area contributed by atoms with Gasteiger partial charge in [-0.3, -0.25) is 0 Å². The van der Waals surface area contributed by atoms with E-state index in [2.05, 4.69) is 24.5 Å². The summed E-state index contributed by atoms with van der Waals surface area (Å²) >= 11 is 0. The van der Waals surface area contributed by atoms with Crippen LogP contribution in [-0.4, -0.2) is 26.2 Å². The Morgan fingerprint density at radius 3 is 1.00 bits per heavy atom. The van der Waals surface area contributed by atoms with Crippen LogP contribution in [-0.2, 0) is 65.4 Å². The monoisotopic (exact) mass is 406 g/mol. The van der Waals surface area contributed by atoms with Gasteiger partial charge in [0, 0.05) is 65.4 Å². The molecular formula is C14H32N2Y2-2. The molecule has 2 rings (SSSR count). The third-order valence-corrected chi connectivity index (χ3v) is 2.44. The minimum Gasteiger partial charge on any atom is -0.662 e. The topological polar surface area (TPSA) is 28.2 Å². The molecule has 2 radical (unpaired) electrons. The SMILES string of the molecule is CC.CC.CC1CC[N-]C1.C[C@@H]1CC[N-]C1.[Y].[Y]. The van der Waals surface area contributed by atoms with Gasteiger partial charge in [0.25, 0.3) is 0 Å². The van der Waals surface area contributed by atoms with Gasteiger partial charge in [-0.25, -0.2) is 0 Å². The van der Waals surface area contributed by atoms with Crippen molar-refractivity contribution in [2.45, 2.75) is 54.4 Å². The zero-order valence-corrected chi connectivity index (χ0v) is 19.1. The van der Waals surface area contributed by atoms with Crippen LogP contribution in [0.15, 0.2) is 0 Å². The molecule has 0 aliphatic carbocycles. The van der Waals surface area contributed by atoms with E-state index in [4.69, 9.17) is 0 Å². The van der Waals surface area contributed by atoms with Gasteiger partial charge in [-0.15, -0.1) is 26.2 Å². The van der Waals surface area contributed by atoms with Gasteiger partial charge in [0.15, 0.2) is 0 Å². The molecule has 0 bridgehead atoms. The Kier molecular flexibility index (Phi) is 38.0. The van der Waals surface area contributed by atoms with E-state index in [9.17, 15) is 0 Å². The molecule has 2 aliphatic heterocycles. The second kappa shape index (κ2) is 24.2. The summed E-state index contributed by atoms with van der Waals surface area (Å²) in [6.07, 6.45) is 2.64. The van der Waals surface area contributed by atoms with Crippen LogP contribution in [0.2, 0.25) is 0 Å². The maximum absolute atomic E-state index is 4.16. The Morgan fingerprint density at radius 2 is 0.944 bits per heavy atom. The average Bonchev–Trinajstić information content (AvgIpc) is 2.98. The van der Waals surface area contributed by atoms with Crippen molar-refractivity contribution in [2.75, 3.05) is 26.2 Å². The van der Waals surface area contributed by atoms with Crippen molar-refractivity contribution < 1.29 is 65.4 Å². The molecule has 4 heteroatoms. The van der Waals surface area contributed by atoms with Crippen LogP contribution in [0.1, 0.15) is 54.4 Å². The number of nitrogens with zero attached hydrogens (tertiary/aromatic N) is 2. The van der Waals surface area contributed by atoms with E-state index < -0.39 is 0 Å². The van der Waals surface area contributed by atoms with E-state index in [0.717, 1.165) is 38.0 Å². The van der Waals surface area contributed by atoms with Crippen molar-refractivity contribution in [3.8, 4) is 0 Å². The fourth-order valence-electron chi connectivity index (χ4n) is 1.43. The molecule has 2 heterocycles. The summed E-state index contributed by atoms with van der Waals surface area (Å²) in [5.41, 5.74) is 0. The molecule has 2 fully saturated rings. The van der Waals surface area contributed by atoms with Crippen LogP contribution in [0.5, 0.6) is 0 Å². The normalized spacial score (nSPS) is 23.7. The smallest absolute Gasteiger partial charge is 0 e. The molecule has 0 N–H and O–H groups in total. The van der Waals surface area contributed by atoms with Gasteiger partial charge < -0.3 is 10.6 Å². The van der Waals surface area contributed by atoms with Gasteiger partial charge in [-0.2, -0.15) is 0 Å². The summed E-state index contributed by atoms with van der Waals surface area (Å²) in [5.74, 6) is 1.76. The average molecular weight is 406 g/mol. The minimum absolute atomic E-state index is 0. The molecule has 2 aliphatic rings. The summed E-state index contributed by atoms with van der Waals surface area (Å²) in [6, 6.07) is 0. The molecule has 2 saturated heterocycles. The van der Waals surface area contributed by atoms with E-state index in [0.29, 0.717) is 0 Å². The van der Waals surface area contributed by atoms with Gasteiger partial charge in [0.2, 0.25) is 0 Å². The number of hydrogen-bond acceptors (Lipinski definition) is 0. The second-order valence-corrected chi connectivity index (χ2v) is 4.05. The molecule has 0 amide bonds. The van der Waals surface area contributed by atoms with Gasteiger partial charge in [0.05, 0.1) is 0 Å². The molecule has 0 aromatic rings. The molecule has 0 aromatic heterocycles. The minimum atomic E-state index is 0. The number of hydrogen-bond donors (Lipinski definition) is 0. The van der Waals surface area contributed by atoms with Crippen molar-refractivity contribution in [1.82, 2.24) is 0 Å². The Balaban J connectivity index is -0.0000000787. The van der Waals surface area contributed by atoms with Gasteiger partial charge in [-0.1, -0.05) is 66.2 Å². The summed E-state index contributed by atoms with van der Waals surface area (Å²) < 4.78 is 0. The fourth-order valence-corrected chi connectivity index (χ4v) is 1.43. The van der Waals surface area contributed by atoms with E-state index in [1.807, 2.05) is 27.7 Å². The summed E-state index contributed by atoms with van der Waals surface area (Å²) in [4.78, 5) is 0. The quantitative estimate of drug-likeness (QED) is 0.551. The van der Waals surface area contributed by atoms with Crippen molar-refractivity contribution in [1.29, 1.82) is 0 Å². The van der Waals surface area contributed by atoms with Crippen LogP contribution in [0.4, 0.5) is 0 Å². The standard InChI is InChI=1S/2C5H10N.2C2H6.2Y/c2*1-5-2-3-6-4-5;2*1-2;;/h2*5H,2-4H2,1H3;2*1-2H3;;/q2*-1;;;;/t5-;;;;;/m1...../s1. The molecule has 0 aromatic carbocycles. The Bertz CT molecular complexity index is 98.4.